The quantitative estimate of drug-likeness (QED) is 0.439. The van der Waals surface area contributed by atoms with Crippen molar-refractivity contribution in [1.82, 2.24) is 14.5 Å². The largest absolute Gasteiger partial charge is 0.333 e. The van der Waals surface area contributed by atoms with Gasteiger partial charge in [0.15, 0.2) is 11.0 Å². The molecule has 0 aliphatic heterocycles. The first kappa shape index (κ1) is 19.4. The van der Waals surface area contributed by atoms with Crippen LogP contribution < -0.4 is 5.32 Å². The first-order chi connectivity index (χ1) is 14.1. The van der Waals surface area contributed by atoms with Crippen LogP contribution in [0.4, 0.5) is 9.52 Å². The van der Waals surface area contributed by atoms with E-state index in [0.29, 0.717) is 10.0 Å². The van der Waals surface area contributed by atoms with Crippen molar-refractivity contribution < 1.29 is 9.18 Å². The Balaban J connectivity index is 1.56. The fraction of sp³-hybridized carbons (Fsp3) is 0.0952. The number of imidazole rings is 1. The molecule has 0 saturated carbocycles. The number of amides is 1. The van der Waals surface area contributed by atoms with Crippen LogP contribution in [0.2, 0.25) is 0 Å². The second-order valence-corrected chi connectivity index (χ2v) is 8.21. The van der Waals surface area contributed by atoms with Crippen LogP contribution in [-0.2, 0) is 11.8 Å². The van der Waals surface area contributed by atoms with Crippen molar-refractivity contribution >= 4 is 34.1 Å². The zero-order valence-electron chi connectivity index (χ0n) is 15.5. The Bertz CT molecular complexity index is 1140. The first-order valence-electron chi connectivity index (χ1n) is 8.83. The molecule has 0 fully saturated rings. The van der Waals surface area contributed by atoms with Crippen molar-refractivity contribution in [3.63, 3.8) is 0 Å². The summed E-state index contributed by atoms with van der Waals surface area (Å²) in [5.74, 6) is 0.308. The minimum atomic E-state index is -0.331. The molecule has 2 heterocycles. The van der Waals surface area contributed by atoms with Crippen LogP contribution in [0.15, 0.2) is 71.9 Å². The van der Waals surface area contributed by atoms with Gasteiger partial charge in [-0.25, -0.2) is 14.4 Å². The third-order valence-corrected chi connectivity index (χ3v) is 6.16. The Labute approximate surface area is 175 Å². The van der Waals surface area contributed by atoms with Crippen molar-refractivity contribution in [2.45, 2.75) is 4.90 Å². The number of carbonyl (C=O) groups is 1. The van der Waals surface area contributed by atoms with Crippen molar-refractivity contribution in [2.24, 2.45) is 7.05 Å². The van der Waals surface area contributed by atoms with Gasteiger partial charge in [-0.1, -0.05) is 53.8 Å². The topological polar surface area (TPSA) is 59.8 Å². The van der Waals surface area contributed by atoms with Crippen molar-refractivity contribution in [3.8, 4) is 22.0 Å². The Morgan fingerprint density at radius 2 is 1.93 bits per heavy atom. The smallest absolute Gasteiger partial charge is 0.236 e. The summed E-state index contributed by atoms with van der Waals surface area (Å²) in [6, 6.07) is 16.2. The van der Waals surface area contributed by atoms with E-state index in [4.69, 9.17) is 0 Å². The second-order valence-electron chi connectivity index (χ2n) is 6.19. The predicted molar refractivity (Wildman–Crippen MR) is 116 cm³/mol. The van der Waals surface area contributed by atoms with Gasteiger partial charge in [-0.2, -0.15) is 0 Å². The molecule has 0 spiro atoms. The second kappa shape index (κ2) is 8.59. The summed E-state index contributed by atoms with van der Waals surface area (Å²) in [6.07, 6.45) is 3.60. The predicted octanol–water partition coefficient (Wildman–Crippen LogP) is 5.08. The van der Waals surface area contributed by atoms with Crippen LogP contribution in [0.3, 0.4) is 0 Å². The number of benzene rings is 2. The summed E-state index contributed by atoms with van der Waals surface area (Å²) in [4.78, 5) is 22.8. The van der Waals surface area contributed by atoms with Crippen LogP contribution >= 0.6 is 23.1 Å². The summed E-state index contributed by atoms with van der Waals surface area (Å²) in [5, 5.41) is 3.32. The molecule has 0 atom stereocenters. The molecule has 4 rings (SSSR count). The van der Waals surface area contributed by atoms with Gasteiger partial charge in [0.2, 0.25) is 5.91 Å². The molecule has 0 aliphatic carbocycles. The fourth-order valence-corrected chi connectivity index (χ4v) is 4.54. The number of rotatable bonds is 6. The van der Waals surface area contributed by atoms with Crippen molar-refractivity contribution in [1.29, 1.82) is 0 Å². The normalized spacial score (nSPS) is 10.8. The number of hydrogen-bond donors (Lipinski definition) is 1. The molecule has 0 unspecified atom stereocenters. The summed E-state index contributed by atoms with van der Waals surface area (Å²) in [6.45, 7) is 0. The Kier molecular flexibility index (Phi) is 5.73. The third kappa shape index (κ3) is 4.38. The standard InChI is InChI=1S/C21H17FN4OS2/c1-26-12-11-23-20(26)19-18(14-7-3-2-4-8-14)25-21(29-19)24-17(27)13-28-16-10-6-5-9-15(16)22/h2-12H,13H2,1H3,(H,24,25,27). The van der Waals surface area contributed by atoms with Gasteiger partial charge in [-0.15, -0.1) is 11.8 Å². The number of halogens is 1. The van der Waals surface area contributed by atoms with E-state index < -0.39 is 0 Å². The number of nitrogens with zero attached hydrogens (tertiary/aromatic N) is 3. The molecule has 5 nitrogen and oxygen atoms in total. The van der Waals surface area contributed by atoms with Crippen LogP contribution in [0, 0.1) is 5.82 Å². The zero-order valence-corrected chi connectivity index (χ0v) is 17.1. The van der Waals surface area contributed by atoms with Gasteiger partial charge in [0.05, 0.1) is 16.3 Å². The highest BCUT2D eigenvalue weighted by Gasteiger charge is 2.19. The Hall–Kier alpha value is -2.97. The molecule has 8 heteroatoms. The molecule has 1 amide bonds. The minimum Gasteiger partial charge on any atom is -0.333 e. The Morgan fingerprint density at radius 3 is 2.66 bits per heavy atom. The molecule has 1 N–H and O–H groups in total. The highest BCUT2D eigenvalue weighted by atomic mass is 32.2. The monoisotopic (exact) mass is 424 g/mol. The lowest BCUT2D eigenvalue weighted by Gasteiger charge is -2.03. The number of thioether (sulfide) groups is 1. The van der Waals surface area contributed by atoms with E-state index in [1.165, 1.54) is 17.4 Å². The van der Waals surface area contributed by atoms with E-state index in [-0.39, 0.29) is 17.5 Å². The van der Waals surface area contributed by atoms with E-state index >= 15 is 0 Å². The molecular weight excluding hydrogens is 407 g/mol. The number of nitrogens with one attached hydrogen (secondary N) is 1. The SMILES string of the molecule is Cn1ccnc1-c1sc(NC(=O)CSc2ccccc2F)nc1-c1ccccc1. The van der Waals surface area contributed by atoms with Crippen LogP contribution in [0.5, 0.6) is 0 Å². The number of anilines is 1. The summed E-state index contributed by atoms with van der Waals surface area (Å²) >= 11 is 2.52. The summed E-state index contributed by atoms with van der Waals surface area (Å²) in [5.41, 5.74) is 1.71. The summed E-state index contributed by atoms with van der Waals surface area (Å²) in [7, 11) is 1.92. The number of aromatic nitrogens is 3. The molecule has 0 radical (unpaired) electrons. The third-order valence-electron chi connectivity index (χ3n) is 4.14. The van der Waals surface area contributed by atoms with E-state index in [2.05, 4.69) is 15.3 Å². The number of thiazole rings is 1. The molecular formula is C21H17FN4OS2. The molecule has 2 aromatic heterocycles. The van der Waals surface area contributed by atoms with Gasteiger partial charge in [-0.05, 0) is 12.1 Å². The average Bonchev–Trinajstić information content (AvgIpc) is 3.34. The van der Waals surface area contributed by atoms with Gasteiger partial charge in [0.1, 0.15) is 5.82 Å². The minimum absolute atomic E-state index is 0.0962. The van der Waals surface area contributed by atoms with E-state index in [1.54, 1.807) is 24.4 Å². The average molecular weight is 425 g/mol. The zero-order chi connectivity index (χ0) is 20.2. The van der Waals surface area contributed by atoms with Gasteiger partial charge in [0, 0.05) is 29.9 Å². The van der Waals surface area contributed by atoms with Crippen LogP contribution in [0.25, 0.3) is 22.0 Å². The van der Waals surface area contributed by atoms with Gasteiger partial charge >= 0.3 is 0 Å². The maximum Gasteiger partial charge on any atom is 0.236 e. The maximum absolute atomic E-state index is 13.7. The lowest BCUT2D eigenvalue weighted by molar-refractivity contribution is -0.113. The van der Waals surface area contributed by atoms with Crippen molar-refractivity contribution in [2.75, 3.05) is 11.1 Å². The number of aryl methyl sites for hydroxylation is 1. The van der Waals surface area contributed by atoms with Gasteiger partial charge in [0.25, 0.3) is 0 Å². The lowest BCUT2D eigenvalue weighted by atomic mass is 10.1. The molecule has 29 heavy (non-hydrogen) atoms. The molecule has 0 saturated heterocycles. The van der Waals surface area contributed by atoms with Crippen LogP contribution in [-0.4, -0.2) is 26.2 Å². The Morgan fingerprint density at radius 1 is 1.17 bits per heavy atom. The summed E-state index contributed by atoms with van der Waals surface area (Å²) < 4.78 is 15.6. The van der Waals surface area contributed by atoms with Gasteiger partial charge in [-0.3, -0.25) is 4.79 Å². The maximum atomic E-state index is 13.7. The van der Waals surface area contributed by atoms with Crippen molar-refractivity contribution in [3.05, 3.63) is 72.8 Å². The van der Waals surface area contributed by atoms with E-state index in [0.717, 1.165) is 33.7 Å². The lowest BCUT2D eigenvalue weighted by Crippen LogP contribution is -2.13. The molecule has 4 aromatic rings. The number of hydrogen-bond acceptors (Lipinski definition) is 5. The first-order valence-corrected chi connectivity index (χ1v) is 10.6. The number of carbonyl (C=O) groups excluding carboxylic acids is 1. The molecule has 0 bridgehead atoms. The van der Waals surface area contributed by atoms with Gasteiger partial charge < -0.3 is 9.88 Å². The van der Waals surface area contributed by atoms with Crippen LogP contribution in [0.1, 0.15) is 0 Å². The molecule has 146 valence electrons. The highest BCUT2D eigenvalue weighted by Crippen LogP contribution is 2.38. The van der Waals surface area contributed by atoms with E-state index in [9.17, 15) is 9.18 Å². The molecule has 2 aromatic carbocycles. The van der Waals surface area contributed by atoms with E-state index in [1.807, 2.05) is 48.1 Å². The highest BCUT2D eigenvalue weighted by molar-refractivity contribution is 8.00. The molecule has 0 aliphatic rings. The fourth-order valence-electron chi connectivity index (χ4n) is 2.76.